The van der Waals surface area contributed by atoms with Crippen LogP contribution in [0.1, 0.15) is 32.1 Å². The number of carbonyl (C=O) groups excluding carboxylic acids is 1. The molecule has 2 fully saturated rings. The summed E-state index contributed by atoms with van der Waals surface area (Å²) in [5.74, 6) is 1.19. The molecule has 0 aliphatic heterocycles. The van der Waals surface area contributed by atoms with Crippen molar-refractivity contribution in [3.05, 3.63) is 0 Å². The van der Waals surface area contributed by atoms with Crippen LogP contribution in [-0.2, 0) is 4.79 Å². The fourth-order valence-corrected chi connectivity index (χ4v) is 1.97. The molecule has 2 saturated carbocycles. The summed E-state index contributed by atoms with van der Waals surface area (Å²) in [5, 5.41) is 14.1. The molecule has 0 bridgehead atoms. The highest BCUT2D eigenvalue weighted by Gasteiger charge is 2.42. The first-order valence-electron chi connectivity index (χ1n) is 5.46. The van der Waals surface area contributed by atoms with E-state index >= 15 is 0 Å². The van der Waals surface area contributed by atoms with Gasteiger partial charge in [-0.25, -0.2) is 0 Å². The van der Waals surface area contributed by atoms with Crippen molar-refractivity contribution in [3.63, 3.8) is 0 Å². The summed E-state index contributed by atoms with van der Waals surface area (Å²) in [6.07, 6.45) is 4.90. The predicted molar refractivity (Wildman–Crippen MR) is 55.4 cm³/mol. The summed E-state index contributed by atoms with van der Waals surface area (Å²) < 4.78 is 0. The van der Waals surface area contributed by atoms with Crippen LogP contribution in [0.4, 0.5) is 0 Å². The number of hydrogen-bond donors (Lipinski definition) is 3. The second-order valence-corrected chi connectivity index (χ2v) is 4.54. The maximum absolute atomic E-state index is 11.5. The predicted octanol–water partition coefficient (Wildman–Crippen LogP) is 0.428. The van der Waals surface area contributed by atoms with Crippen LogP contribution in [0.5, 0.6) is 0 Å². The summed E-state index contributed by atoms with van der Waals surface area (Å²) in [4.78, 5) is 11.5. The third-order valence-corrected chi connectivity index (χ3v) is 3.06. The molecule has 1 amide bonds. The highest BCUT2D eigenvalue weighted by molar-refractivity contribution is 5.98. The Hall–Kier alpha value is -1.26. The van der Waals surface area contributed by atoms with E-state index in [1.807, 2.05) is 0 Å². The van der Waals surface area contributed by atoms with E-state index in [4.69, 9.17) is 10.9 Å². The third-order valence-electron chi connectivity index (χ3n) is 3.06. The molecule has 4 N–H and O–H groups in total. The lowest BCUT2D eigenvalue weighted by atomic mass is 10.1. The van der Waals surface area contributed by atoms with Crippen LogP contribution in [0.15, 0.2) is 5.16 Å². The zero-order chi connectivity index (χ0) is 10.8. The Labute approximate surface area is 88.7 Å². The first-order valence-corrected chi connectivity index (χ1v) is 5.46. The summed E-state index contributed by atoms with van der Waals surface area (Å²) in [7, 11) is 0. The Balaban J connectivity index is 1.80. The molecule has 5 heteroatoms. The highest BCUT2D eigenvalue weighted by Crippen LogP contribution is 2.44. The van der Waals surface area contributed by atoms with Crippen LogP contribution in [0, 0.1) is 11.8 Å². The van der Waals surface area contributed by atoms with Crippen LogP contribution in [0.25, 0.3) is 0 Å². The van der Waals surface area contributed by atoms with Crippen molar-refractivity contribution < 1.29 is 10.0 Å². The number of amides is 1. The Morgan fingerprint density at radius 3 is 2.33 bits per heavy atom. The topological polar surface area (TPSA) is 87.7 Å². The number of hydrogen-bond acceptors (Lipinski definition) is 3. The number of nitrogens with one attached hydrogen (secondary N) is 1. The van der Waals surface area contributed by atoms with E-state index in [0.717, 1.165) is 0 Å². The van der Waals surface area contributed by atoms with Crippen LogP contribution < -0.4 is 11.1 Å². The van der Waals surface area contributed by atoms with Crippen molar-refractivity contribution in [3.8, 4) is 0 Å². The maximum atomic E-state index is 11.5. The van der Waals surface area contributed by atoms with Crippen molar-refractivity contribution in [2.45, 2.75) is 38.1 Å². The quantitative estimate of drug-likeness (QED) is 0.267. The fraction of sp³-hybridized carbons (Fsp3) is 0.800. The molecule has 2 aliphatic carbocycles. The zero-order valence-corrected chi connectivity index (χ0v) is 8.65. The Morgan fingerprint density at radius 2 is 1.93 bits per heavy atom. The van der Waals surface area contributed by atoms with Gasteiger partial charge in [0, 0.05) is 6.04 Å². The molecular weight excluding hydrogens is 194 g/mol. The minimum absolute atomic E-state index is 0.00750. The lowest BCUT2D eigenvalue weighted by molar-refractivity contribution is -0.120. The van der Waals surface area contributed by atoms with Gasteiger partial charge in [-0.05, 0) is 37.5 Å². The average Bonchev–Trinajstić information content (AvgIpc) is 3.02. The van der Waals surface area contributed by atoms with Gasteiger partial charge in [0.2, 0.25) is 5.91 Å². The van der Waals surface area contributed by atoms with Gasteiger partial charge in [0.1, 0.15) is 5.84 Å². The van der Waals surface area contributed by atoms with Crippen molar-refractivity contribution in [2.24, 2.45) is 22.7 Å². The molecular formula is C10H17N3O2. The fourth-order valence-electron chi connectivity index (χ4n) is 1.97. The lowest BCUT2D eigenvalue weighted by Gasteiger charge is -2.17. The summed E-state index contributed by atoms with van der Waals surface area (Å²) in [5.41, 5.74) is 5.27. The van der Waals surface area contributed by atoms with Crippen LogP contribution in [0.3, 0.4) is 0 Å². The van der Waals surface area contributed by atoms with Gasteiger partial charge in [0.25, 0.3) is 0 Å². The Bertz CT molecular complexity index is 270. The molecule has 2 aliphatic rings. The van der Waals surface area contributed by atoms with Crippen LogP contribution >= 0.6 is 0 Å². The average molecular weight is 211 g/mol. The van der Waals surface area contributed by atoms with E-state index in [1.165, 1.54) is 25.7 Å². The maximum Gasteiger partial charge on any atom is 0.227 e. The van der Waals surface area contributed by atoms with Gasteiger partial charge >= 0.3 is 0 Å². The van der Waals surface area contributed by atoms with E-state index in [0.29, 0.717) is 17.9 Å². The zero-order valence-electron chi connectivity index (χ0n) is 8.65. The number of amidine groups is 1. The van der Waals surface area contributed by atoms with E-state index in [1.54, 1.807) is 0 Å². The van der Waals surface area contributed by atoms with E-state index in [2.05, 4.69) is 10.5 Å². The lowest BCUT2D eigenvalue weighted by Crippen LogP contribution is -2.39. The van der Waals surface area contributed by atoms with Gasteiger partial charge in [-0.2, -0.15) is 0 Å². The van der Waals surface area contributed by atoms with Gasteiger partial charge in [0.15, 0.2) is 0 Å². The van der Waals surface area contributed by atoms with E-state index in [9.17, 15) is 4.79 Å². The van der Waals surface area contributed by atoms with Crippen molar-refractivity contribution >= 4 is 11.7 Å². The van der Waals surface area contributed by atoms with Gasteiger partial charge in [-0.15, -0.1) is 0 Å². The van der Waals surface area contributed by atoms with Crippen molar-refractivity contribution in [1.29, 1.82) is 0 Å². The molecule has 0 aromatic heterocycles. The highest BCUT2D eigenvalue weighted by atomic mass is 16.4. The first-order chi connectivity index (χ1) is 7.20. The van der Waals surface area contributed by atoms with Crippen LogP contribution in [0.2, 0.25) is 0 Å². The number of oxime groups is 1. The molecule has 0 aromatic carbocycles. The van der Waals surface area contributed by atoms with Gasteiger partial charge < -0.3 is 16.3 Å². The minimum Gasteiger partial charge on any atom is -0.409 e. The largest absolute Gasteiger partial charge is 0.409 e. The van der Waals surface area contributed by atoms with E-state index < -0.39 is 0 Å². The van der Waals surface area contributed by atoms with Gasteiger partial charge in [0.05, 0.1) is 6.42 Å². The summed E-state index contributed by atoms with van der Waals surface area (Å²) >= 11 is 0. The Kier molecular flexibility index (Phi) is 2.79. The van der Waals surface area contributed by atoms with E-state index in [-0.39, 0.29) is 18.2 Å². The van der Waals surface area contributed by atoms with Crippen molar-refractivity contribution in [2.75, 3.05) is 0 Å². The van der Waals surface area contributed by atoms with Gasteiger partial charge in [-0.3, -0.25) is 4.79 Å². The molecule has 5 nitrogen and oxygen atoms in total. The minimum atomic E-state index is -0.130. The molecule has 0 radical (unpaired) electrons. The molecule has 15 heavy (non-hydrogen) atoms. The van der Waals surface area contributed by atoms with Crippen molar-refractivity contribution in [1.82, 2.24) is 5.32 Å². The molecule has 2 rings (SSSR count). The van der Waals surface area contributed by atoms with Gasteiger partial charge in [-0.1, -0.05) is 5.16 Å². The molecule has 0 unspecified atom stereocenters. The molecule has 0 aromatic rings. The molecule has 0 heterocycles. The second-order valence-electron chi connectivity index (χ2n) is 4.54. The SMILES string of the molecule is N/C(CC(=O)NC(C1CC1)C1CC1)=N/O. The molecule has 0 atom stereocenters. The number of nitrogens with zero attached hydrogens (tertiary/aromatic N) is 1. The smallest absolute Gasteiger partial charge is 0.227 e. The standard InChI is InChI=1S/C10H17N3O2/c11-8(13-15)5-9(14)12-10(6-1-2-6)7-3-4-7/h6-7,10,15H,1-5H2,(H2,11,13)(H,12,14). The third kappa shape index (κ3) is 2.84. The molecule has 0 saturated heterocycles. The molecule has 0 spiro atoms. The Morgan fingerprint density at radius 1 is 1.40 bits per heavy atom. The number of carbonyl (C=O) groups is 1. The summed E-state index contributed by atoms with van der Waals surface area (Å²) in [6.45, 7) is 0. The monoisotopic (exact) mass is 211 g/mol. The molecule has 84 valence electrons. The number of rotatable bonds is 5. The normalized spacial score (nSPS) is 21.8. The summed E-state index contributed by atoms with van der Waals surface area (Å²) in [6, 6.07) is 0.337. The first kappa shape index (κ1) is 10.3. The van der Waals surface area contributed by atoms with Crippen LogP contribution in [-0.4, -0.2) is 23.0 Å². The number of nitrogens with two attached hydrogens (primary N) is 1. The second kappa shape index (κ2) is 4.08.